The summed E-state index contributed by atoms with van der Waals surface area (Å²) in [5.41, 5.74) is 5.22. The van der Waals surface area contributed by atoms with E-state index < -0.39 is 10.2 Å². The minimum Gasteiger partial charge on any atom is -0.330 e. The maximum absolute atomic E-state index is 11.1. The van der Waals surface area contributed by atoms with Crippen LogP contribution in [-0.4, -0.2) is 27.5 Å². The molecule has 0 amide bonds. The molecule has 4 N–H and O–H groups in total. The molecule has 6 heteroatoms. The van der Waals surface area contributed by atoms with Crippen molar-refractivity contribution < 1.29 is 8.42 Å². The van der Waals surface area contributed by atoms with E-state index in [0.29, 0.717) is 19.5 Å². The summed E-state index contributed by atoms with van der Waals surface area (Å²) < 4.78 is 27.1. The van der Waals surface area contributed by atoms with Gasteiger partial charge in [-0.05, 0) is 25.8 Å². The van der Waals surface area contributed by atoms with Gasteiger partial charge >= 0.3 is 0 Å². The van der Waals surface area contributed by atoms with E-state index in [1.54, 1.807) is 0 Å². The lowest BCUT2D eigenvalue weighted by molar-refractivity contribution is 0.564. The molecule has 0 aromatic carbocycles. The van der Waals surface area contributed by atoms with Crippen LogP contribution in [0.25, 0.3) is 0 Å². The van der Waals surface area contributed by atoms with E-state index >= 15 is 0 Å². The average molecular weight is 193 g/mol. The van der Waals surface area contributed by atoms with Gasteiger partial charge in [0.2, 0.25) is 0 Å². The third-order valence-corrected chi connectivity index (χ3v) is 2.80. The van der Waals surface area contributed by atoms with Crippen molar-refractivity contribution in [3.05, 3.63) is 0 Å². The van der Waals surface area contributed by atoms with Gasteiger partial charge < -0.3 is 5.73 Å². The van der Waals surface area contributed by atoms with E-state index in [1.165, 1.54) is 0 Å². The molecule has 1 aliphatic carbocycles. The number of nitrogens with one attached hydrogen (secondary N) is 2. The van der Waals surface area contributed by atoms with Gasteiger partial charge in [-0.2, -0.15) is 13.1 Å². The molecule has 1 aliphatic rings. The molecule has 0 atom stereocenters. The minimum atomic E-state index is -3.25. The Labute approximate surface area is 72.9 Å². The fraction of sp³-hybridized carbons (Fsp3) is 1.00. The highest BCUT2D eigenvalue weighted by Gasteiger charge is 2.26. The summed E-state index contributed by atoms with van der Waals surface area (Å²) in [5, 5.41) is 0. The third-order valence-electron chi connectivity index (χ3n) is 1.57. The van der Waals surface area contributed by atoms with Crippen LogP contribution < -0.4 is 15.2 Å². The van der Waals surface area contributed by atoms with Crippen LogP contribution in [0.1, 0.15) is 19.3 Å². The van der Waals surface area contributed by atoms with Crippen LogP contribution in [0.4, 0.5) is 0 Å². The van der Waals surface area contributed by atoms with Crippen LogP contribution in [0, 0.1) is 0 Å². The molecule has 0 aromatic rings. The van der Waals surface area contributed by atoms with Gasteiger partial charge in [-0.15, -0.1) is 0 Å². The normalized spacial score (nSPS) is 18.1. The molecule has 0 saturated heterocycles. The molecule has 1 saturated carbocycles. The van der Waals surface area contributed by atoms with E-state index in [2.05, 4.69) is 9.44 Å². The zero-order valence-electron chi connectivity index (χ0n) is 6.91. The highest BCUT2D eigenvalue weighted by molar-refractivity contribution is 7.87. The molecule has 0 bridgehead atoms. The summed E-state index contributed by atoms with van der Waals surface area (Å²) >= 11 is 0. The first kappa shape index (κ1) is 9.91. The van der Waals surface area contributed by atoms with Crippen molar-refractivity contribution in [2.45, 2.75) is 25.3 Å². The van der Waals surface area contributed by atoms with E-state index in [0.717, 1.165) is 12.8 Å². The molecule has 0 aliphatic heterocycles. The number of hydrogen-bond donors (Lipinski definition) is 3. The van der Waals surface area contributed by atoms with E-state index in [1.807, 2.05) is 0 Å². The number of rotatable bonds is 6. The summed E-state index contributed by atoms with van der Waals surface area (Å²) in [7, 11) is -3.25. The minimum absolute atomic E-state index is 0.167. The summed E-state index contributed by atoms with van der Waals surface area (Å²) in [6.07, 6.45) is 2.58. The zero-order valence-corrected chi connectivity index (χ0v) is 7.73. The molecule has 5 nitrogen and oxygen atoms in total. The van der Waals surface area contributed by atoms with Crippen molar-refractivity contribution >= 4 is 10.2 Å². The first-order chi connectivity index (χ1) is 5.64. The van der Waals surface area contributed by atoms with Gasteiger partial charge in [-0.3, -0.25) is 0 Å². The van der Waals surface area contributed by atoms with Crippen LogP contribution in [0.3, 0.4) is 0 Å². The van der Waals surface area contributed by atoms with Gasteiger partial charge in [0.05, 0.1) is 0 Å². The molecule has 72 valence electrons. The Bertz CT molecular complexity index is 223. The molecule has 0 aromatic heterocycles. The topological polar surface area (TPSA) is 84.2 Å². The van der Waals surface area contributed by atoms with E-state index in [-0.39, 0.29) is 6.04 Å². The molecule has 1 fully saturated rings. The lowest BCUT2D eigenvalue weighted by Crippen LogP contribution is -2.38. The predicted octanol–water partition coefficient (Wildman–Crippen LogP) is -1.08. The molecule has 0 unspecified atom stereocenters. The summed E-state index contributed by atoms with van der Waals surface area (Å²) in [5.74, 6) is 0. The Kier molecular flexibility index (Phi) is 3.45. The SMILES string of the molecule is NCCCNS(=O)(=O)NC1CC1. The van der Waals surface area contributed by atoms with Gasteiger partial charge in [-0.1, -0.05) is 0 Å². The molecule has 0 radical (unpaired) electrons. The third kappa shape index (κ3) is 4.01. The maximum atomic E-state index is 11.1. The maximum Gasteiger partial charge on any atom is 0.277 e. The second-order valence-corrected chi connectivity index (χ2v) is 4.46. The van der Waals surface area contributed by atoms with Gasteiger partial charge in [0.1, 0.15) is 0 Å². The van der Waals surface area contributed by atoms with Crippen LogP contribution in [-0.2, 0) is 10.2 Å². The Balaban J connectivity index is 2.17. The van der Waals surface area contributed by atoms with Gasteiger partial charge in [0, 0.05) is 12.6 Å². The largest absolute Gasteiger partial charge is 0.330 e. The van der Waals surface area contributed by atoms with Crippen LogP contribution in [0.15, 0.2) is 0 Å². The predicted molar refractivity (Wildman–Crippen MR) is 46.8 cm³/mol. The molecule has 0 spiro atoms. The molecule has 0 heterocycles. The van der Waals surface area contributed by atoms with Crippen molar-refractivity contribution in [1.82, 2.24) is 9.44 Å². The molecule has 12 heavy (non-hydrogen) atoms. The van der Waals surface area contributed by atoms with Crippen molar-refractivity contribution in [3.8, 4) is 0 Å². The first-order valence-electron chi connectivity index (χ1n) is 4.11. The molecular formula is C6H15N3O2S. The summed E-state index contributed by atoms with van der Waals surface area (Å²) in [6, 6.07) is 0.167. The average Bonchev–Trinajstić information content (AvgIpc) is 2.71. The quantitative estimate of drug-likeness (QED) is 0.469. The lowest BCUT2D eigenvalue weighted by atomic mass is 10.4. The van der Waals surface area contributed by atoms with E-state index in [4.69, 9.17) is 5.73 Å². The van der Waals surface area contributed by atoms with Crippen molar-refractivity contribution in [1.29, 1.82) is 0 Å². The highest BCUT2D eigenvalue weighted by Crippen LogP contribution is 2.19. The highest BCUT2D eigenvalue weighted by atomic mass is 32.2. The summed E-state index contributed by atoms with van der Waals surface area (Å²) in [4.78, 5) is 0. The van der Waals surface area contributed by atoms with Gasteiger partial charge in [0.15, 0.2) is 0 Å². The number of nitrogens with two attached hydrogens (primary N) is 1. The fourth-order valence-electron chi connectivity index (χ4n) is 0.771. The van der Waals surface area contributed by atoms with Crippen molar-refractivity contribution in [2.24, 2.45) is 5.73 Å². The second kappa shape index (κ2) is 4.18. The first-order valence-corrected chi connectivity index (χ1v) is 5.59. The summed E-state index contributed by atoms with van der Waals surface area (Å²) in [6.45, 7) is 0.921. The van der Waals surface area contributed by atoms with Crippen LogP contribution in [0.2, 0.25) is 0 Å². The van der Waals surface area contributed by atoms with Gasteiger partial charge in [-0.25, -0.2) is 4.72 Å². The monoisotopic (exact) mass is 193 g/mol. The lowest BCUT2D eigenvalue weighted by Gasteiger charge is -2.05. The van der Waals surface area contributed by atoms with E-state index in [9.17, 15) is 8.42 Å². The zero-order chi connectivity index (χ0) is 9.03. The second-order valence-electron chi connectivity index (χ2n) is 2.93. The number of hydrogen-bond acceptors (Lipinski definition) is 3. The Morgan fingerprint density at radius 3 is 2.58 bits per heavy atom. The van der Waals surface area contributed by atoms with Gasteiger partial charge in [0.25, 0.3) is 10.2 Å². The Hall–Kier alpha value is -0.170. The molecular weight excluding hydrogens is 178 g/mol. The van der Waals surface area contributed by atoms with Crippen molar-refractivity contribution in [3.63, 3.8) is 0 Å². The van der Waals surface area contributed by atoms with Crippen LogP contribution >= 0.6 is 0 Å². The smallest absolute Gasteiger partial charge is 0.277 e. The van der Waals surface area contributed by atoms with Crippen molar-refractivity contribution in [2.75, 3.05) is 13.1 Å². The fourth-order valence-corrected chi connectivity index (χ4v) is 1.94. The molecule has 1 rings (SSSR count). The Morgan fingerprint density at radius 1 is 1.42 bits per heavy atom. The standard InChI is InChI=1S/C6H15N3O2S/c7-4-1-5-8-12(10,11)9-6-2-3-6/h6,8-9H,1-5,7H2. The Morgan fingerprint density at radius 2 is 2.08 bits per heavy atom. The van der Waals surface area contributed by atoms with Crippen LogP contribution in [0.5, 0.6) is 0 Å².